The van der Waals surface area contributed by atoms with Crippen LogP contribution in [0.3, 0.4) is 0 Å². The van der Waals surface area contributed by atoms with E-state index in [1.54, 1.807) is 16.3 Å². The lowest BCUT2D eigenvalue weighted by atomic mass is 10.2. The molecule has 5 heteroatoms. The Morgan fingerprint density at radius 2 is 2.40 bits per heavy atom. The first kappa shape index (κ1) is 10.2. The van der Waals surface area contributed by atoms with Crippen molar-refractivity contribution in [3.63, 3.8) is 0 Å². The van der Waals surface area contributed by atoms with Crippen molar-refractivity contribution in [3.8, 4) is 0 Å². The highest BCUT2D eigenvalue weighted by atomic mass is 32.1. The van der Waals surface area contributed by atoms with E-state index in [0.717, 1.165) is 18.5 Å². The van der Waals surface area contributed by atoms with Crippen molar-refractivity contribution in [1.29, 1.82) is 0 Å². The van der Waals surface area contributed by atoms with Crippen LogP contribution in [-0.4, -0.2) is 28.4 Å². The second kappa shape index (κ2) is 4.02. The zero-order valence-corrected chi connectivity index (χ0v) is 8.92. The summed E-state index contributed by atoms with van der Waals surface area (Å²) in [5.41, 5.74) is 0.739. The summed E-state index contributed by atoms with van der Waals surface area (Å²) >= 11 is 1.20. The Bertz CT molecular complexity index is 399. The molecule has 15 heavy (non-hydrogen) atoms. The Morgan fingerprint density at radius 1 is 1.60 bits per heavy atom. The minimum atomic E-state index is -0.911. The van der Waals surface area contributed by atoms with E-state index in [-0.39, 0.29) is 5.91 Å². The van der Waals surface area contributed by atoms with Crippen LogP contribution in [0.15, 0.2) is 11.4 Å². The number of hydrogen-bond donors (Lipinski definition) is 1. The average molecular weight is 225 g/mol. The van der Waals surface area contributed by atoms with Crippen molar-refractivity contribution in [2.24, 2.45) is 0 Å². The topological polar surface area (TPSA) is 57.6 Å². The number of carboxylic acids is 1. The Balaban J connectivity index is 2.13. The number of rotatable bonds is 3. The van der Waals surface area contributed by atoms with Crippen LogP contribution in [0.25, 0.3) is 0 Å². The maximum Gasteiger partial charge on any atom is 0.346 e. The van der Waals surface area contributed by atoms with Gasteiger partial charge in [-0.3, -0.25) is 4.79 Å². The predicted octanol–water partition coefficient (Wildman–Crippen LogP) is 1.57. The fraction of sp³-hybridized carbons (Fsp3) is 0.400. The SMILES string of the molecule is O=C(O)c1sccc1CN1CCCC1=O. The standard InChI is InChI=1S/C10H11NO3S/c12-8-2-1-4-11(8)6-7-3-5-15-9(7)10(13)14/h3,5H,1-2,4,6H2,(H,13,14). The molecule has 0 bridgehead atoms. The second-order valence-corrected chi connectivity index (χ2v) is 4.42. The largest absolute Gasteiger partial charge is 0.477 e. The summed E-state index contributed by atoms with van der Waals surface area (Å²) < 4.78 is 0. The fourth-order valence-corrected chi connectivity index (χ4v) is 2.48. The van der Waals surface area contributed by atoms with Gasteiger partial charge >= 0.3 is 5.97 Å². The highest BCUT2D eigenvalue weighted by Crippen LogP contribution is 2.21. The summed E-state index contributed by atoms with van der Waals surface area (Å²) in [5, 5.41) is 10.7. The number of aromatic carboxylic acids is 1. The minimum Gasteiger partial charge on any atom is -0.477 e. The molecule has 2 heterocycles. The molecular formula is C10H11NO3S. The van der Waals surface area contributed by atoms with Crippen LogP contribution in [-0.2, 0) is 11.3 Å². The maximum atomic E-state index is 11.4. The fourth-order valence-electron chi connectivity index (χ4n) is 1.72. The summed E-state index contributed by atoms with van der Waals surface area (Å²) in [6.45, 7) is 1.18. The van der Waals surface area contributed by atoms with Gasteiger partial charge in [0.15, 0.2) is 0 Å². The summed E-state index contributed by atoms with van der Waals surface area (Å²) in [4.78, 5) is 24.3. The van der Waals surface area contributed by atoms with Gasteiger partial charge in [0, 0.05) is 19.5 Å². The van der Waals surface area contributed by atoms with E-state index in [4.69, 9.17) is 5.11 Å². The lowest BCUT2D eigenvalue weighted by Crippen LogP contribution is -2.24. The summed E-state index contributed by atoms with van der Waals surface area (Å²) in [5.74, 6) is -0.788. The van der Waals surface area contributed by atoms with Gasteiger partial charge in [-0.25, -0.2) is 4.79 Å². The van der Waals surface area contributed by atoms with Gasteiger partial charge in [-0.2, -0.15) is 0 Å². The van der Waals surface area contributed by atoms with E-state index < -0.39 is 5.97 Å². The molecule has 1 aromatic heterocycles. The van der Waals surface area contributed by atoms with E-state index >= 15 is 0 Å². The quantitative estimate of drug-likeness (QED) is 0.849. The molecule has 1 aromatic rings. The lowest BCUT2D eigenvalue weighted by molar-refractivity contribution is -0.128. The molecule has 1 aliphatic rings. The zero-order valence-electron chi connectivity index (χ0n) is 8.10. The van der Waals surface area contributed by atoms with Gasteiger partial charge in [0.2, 0.25) is 5.91 Å². The molecule has 1 amide bonds. The number of amides is 1. The van der Waals surface area contributed by atoms with E-state index in [1.165, 1.54) is 11.3 Å². The number of carboxylic acid groups (broad SMARTS) is 1. The first-order valence-electron chi connectivity index (χ1n) is 4.76. The highest BCUT2D eigenvalue weighted by molar-refractivity contribution is 7.12. The van der Waals surface area contributed by atoms with Crippen LogP contribution < -0.4 is 0 Å². The third kappa shape index (κ3) is 2.02. The number of carbonyl (C=O) groups excluding carboxylic acids is 1. The Labute approximate surface area is 91.1 Å². The zero-order chi connectivity index (χ0) is 10.8. The van der Waals surface area contributed by atoms with Crippen molar-refractivity contribution in [2.45, 2.75) is 19.4 Å². The van der Waals surface area contributed by atoms with Gasteiger partial charge in [-0.1, -0.05) is 0 Å². The van der Waals surface area contributed by atoms with E-state index in [1.807, 2.05) is 0 Å². The van der Waals surface area contributed by atoms with Crippen molar-refractivity contribution in [2.75, 3.05) is 6.54 Å². The van der Waals surface area contributed by atoms with E-state index in [9.17, 15) is 9.59 Å². The molecule has 4 nitrogen and oxygen atoms in total. The number of thiophene rings is 1. The summed E-state index contributed by atoms with van der Waals surface area (Å²) in [6, 6.07) is 1.78. The molecule has 0 unspecified atom stereocenters. The van der Waals surface area contributed by atoms with Gasteiger partial charge in [-0.05, 0) is 23.4 Å². The van der Waals surface area contributed by atoms with Gasteiger partial charge in [-0.15, -0.1) is 11.3 Å². The third-order valence-corrected chi connectivity index (χ3v) is 3.42. The third-order valence-electron chi connectivity index (χ3n) is 2.47. The minimum absolute atomic E-state index is 0.123. The predicted molar refractivity (Wildman–Crippen MR) is 55.9 cm³/mol. The van der Waals surface area contributed by atoms with Gasteiger partial charge < -0.3 is 10.0 Å². The number of carbonyl (C=O) groups is 2. The van der Waals surface area contributed by atoms with Crippen LogP contribution >= 0.6 is 11.3 Å². The molecule has 1 fully saturated rings. The smallest absolute Gasteiger partial charge is 0.346 e. The second-order valence-electron chi connectivity index (χ2n) is 3.50. The van der Waals surface area contributed by atoms with Crippen LogP contribution in [0.5, 0.6) is 0 Å². The lowest BCUT2D eigenvalue weighted by Gasteiger charge is -2.14. The summed E-state index contributed by atoms with van der Waals surface area (Å²) in [6.07, 6.45) is 1.47. The molecule has 0 aliphatic carbocycles. The first-order chi connectivity index (χ1) is 7.18. The van der Waals surface area contributed by atoms with Crippen LogP contribution in [0, 0.1) is 0 Å². The molecule has 0 spiro atoms. The van der Waals surface area contributed by atoms with Gasteiger partial charge in [0.25, 0.3) is 0 Å². The number of likely N-dealkylation sites (tertiary alicyclic amines) is 1. The van der Waals surface area contributed by atoms with Crippen molar-refractivity contribution in [3.05, 3.63) is 21.9 Å². The van der Waals surface area contributed by atoms with E-state index in [2.05, 4.69) is 0 Å². The molecule has 1 aliphatic heterocycles. The molecule has 0 radical (unpaired) electrons. The average Bonchev–Trinajstić information content (AvgIpc) is 2.77. The molecule has 2 rings (SSSR count). The van der Waals surface area contributed by atoms with Gasteiger partial charge in [0.1, 0.15) is 4.88 Å². The molecule has 80 valence electrons. The molecule has 1 N–H and O–H groups in total. The molecule has 0 saturated carbocycles. The van der Waals surface area contributed by atoms with Crippen molar-refractivity contribution >= 4 is 23.2 Å². The number of nitrogens with zero attached hydrogens (tertiary/aromatic N) is 1. The maximum absolute atomic E-state index is 11.4. The van der Waals surface area contributed by atoms with Crippen LogP contribution in [0.1, 0.15) is 28.1 Å². The monoisotopic (exact) mass is 225 g/mol. The Morgan fingerprint density at radius 3 is 3.00 bits per heavy atom. The first-order valence-corrected chi connectivity index (χ1v) is 5.64. The van der Waals surface area contributed by atoms with Crippen molar-refractivity contribution < 1.29 is 14.7 Å². The normalized spacial score (nSPS) is 16.0. The molecule has 1 saturated heterocycles. The molecule has 0 aromatic carbocycles. The molecular weight excluding hydrogens is 214 g/mol. The molecule has 0 atom stereocenters. The van der Waals surface area contributed by atoms with Crippen molar-refractivity contribution in [1.82, 2.24) is 4.90 Å². The van der Waals surface area contributed by atoms with E-state index in [0.29, 0.717) is 17.8 Å². The number of hydrogen-bond acceptors (Lipinski definition) is 3. The van der Waals surface area contributed by atoms with Gasteiger partial charge in [0.05, 0.1) is 0 Å². The Kier molecular flexibility index (Phi) is 2.73. The van der Waals surface area contributed by atoms with Crippen LogP contribution in [0.2, 0.25) is 0 Å². The summed E-state index contributed by atoms with van der Waals surface area (Å²) in [7, 11) is 0. The highest BCUT2D eigenvalue weighted by Gasteiger charge is 2.22. The Hall–Kier alpha value is -1.36. The van der Waals surface area contributed by atoms with Crippen LogP contribution in [0.4, 0.5) is 0 Å².